The number of thiophene rings is 1. The Morgan fingerprint density at radius 1 is 1.14 bits per heavy atom. The minimum absolute atomic E-state index is 0.117. The lowest BCUT2D eigenvalue weighted by molar-refractivity contribution is 0.0963. The summed E-state index contributed by atoms with van der Waals surface area (Å²) in [5.41, 5.74) is 1.43. The molecule has 0 aliphatic heterocycles. The maximum Gasteiger partial charge on any atom is 0.292 e. The van der Waals surface area contributed by atoms with Crippen LogP contribution in [-0.2, 0) is 12.8 Å². The summed E-state index contributed by atoms with van der Waals surface area (Å²) >= 11 is 7.32. The van der Waals surface area contributed by atoms with E-state index in [1.807, 2.05) is 0 Å². The first-order valence-corrected chi connectivity index (χ1v) is 10.1. The molecule has 1 aromatic carbocycles. The normalized spacial score (nSPS) is 13.2. The minimum Gasteiger partial charge on any atom is -0.451 e. The molecule has 1 aliphatic rings. The van der Waals surface area contributed by atoms with E-state index in [-0.39, 0.29) is 22.7 Å². The van der Waals surface area contributed by atoms with Crippen molar-refractivity contribution in [2.24, 2.45) is 0 Å². The predicted octanol–water partition coefficient (Wildman–Crippen LogP) is 4.00. The van der Waals surface area contributed by atoms with Crippen LogP contribution in [0.25, 0.3) is 11.0 Å². The fourth-order valence-electron chi connectivity index (χ4n) is 3.42. The van der Waals surface area contributed by atoms with Crippen LogP contribution in [0, 0.1) is 0 Å². The van der Waals surface area contributed by atoms with E-state index in [4.69, 9.17) is 16.0 Å². The number of carbonyl (C=O) groups excluding carboxylic acids is 2. The molecule has 2 amide bonds. The molecule has 8 heteroatoms. The quantitative estimate of drug-likeness (QED) is 0.675. The van der Waals surface area contributed by atoms with Gasteiger partial charge in [0.15, 0.2) is 11.2 Å². The first kappa shape index (κ1) is 18.7. The lowest BCUT2D eigenvalue weighted by Gasteiger charge is -2.12. The summed E-state index contributed by atoms with van der Waals surface area (Å²) in [6.45, 7) is 0. The highest BCUT2D eigenvalue weighted by molar-refractivity contribution is 7.17. The molecule has 0 spiro atoms. The maximum absolute atomic E-state index is 12.8. The Kier molecular flexibility index (Phi) is 4.95. The Morgan fingerprint density at radius 2 is 1.93 bits per heavy atom. The number of amides is 2. The number of nitrogens with one attached hydrogen (secondary N) is 2. The molecular weight excluding hydrogens is 400 g/mol. The van der Waals surface area contributed by atoms with Crippen molar-refractivity contribution >= 4 is 50.7 Å². The second-order valence-corrected chi connectivity index (χ2v) is 8.11. The summed E-state index contributed by atoms with van der Waals surface area (Å²) in [7, 11) is 1.56. The number of hydrogen-bond donors (Lipinski definition) is 2. The summed E-state index contributed by atoms with van der Waals surface area (Å²) < 4.78 is 5.59. The first-order valence-electron chi connectivity index (χ1n) is 8.89. The zero-order chi connectivity index (χ0) is 19.8. The van der Waals surface area contributed by atoms with E-state index in [0.717, 1.165) is 42.2 Å². The van der Waals surface area contributed by atoms with Crippen molar-refractivity contribution < 1.29 is 14.0 Å². The van der Waals surface area contributed by atoms with Crippen molar-refractivity contribution in [3.05, 3.63) is 61.3 Å². The molecule has 2 aromatic heterocycles. The molecule has 144 valence electrons. The lowest BCUT2D eigenvalue weighted by atomic mass is 9.95. The number of anilines is 1. The largest absolute Gasteiger partial charge is 0.451 e. The third kappa shape index (κ3) is 3.31. The number of hydrogen-bond acceptors (Lipinski definition) is 5. The predicted molar refractivity (Wildman–Crippen MR) is 110 cm³/mol. The molecule has 0 saturated carbocycles. The van der Waals surface area contributed by atoms with Crippen LogP contribution < -0.4 is 16.1 Å². The van der Waals surface area contributed by atoms with E-state index in [0.29, 0.717) is 21.0 Å². The van der Waals surface area contributed by atoms with Crippen LogP contribution in [0.15, 0.2) is 33.5 Å². The average Bonchev–Trinajstić information content (AvgIpc) is 3.05. The molecule has 0 bridgehead atoms. The standard InChI is InChI=1S/C20H17ClN2O4S/c1-22-19(26)17-11-4-2-3-5-16(11)28-20(17)23-18(25)15-9-13(24)12-8-10(21)6-7-14(12)27-15/h6-9H,2-5H2,1H3,(H,22,26)(H,23,25). The molecule has 0 radical (unpaired) electrons. The number of benzene rings is 1. The highest BCUT2D eigenvalue weighted by Crippen LogP contribution is 2.38. The molecule has 0 fully saturated rings. The van der Waals surface area contributed by atoms with Crippen LogP contribution in [0.1, 0.15) is 44.2 Å². The summed E-state index contributed by atoms with van der Waals surface area (Å²) in [4.78, 5) is 38.6. The molecule has 1 aliphatic carbocycles. The Labute approximate surface area is 169 Å². The highest BCUT2D eigenvalue weighted by Gasteiger charge is 2.26. The molecule has 3 aromatic rings. The Morgan fingerprint density at radius 3 is 2.71 bits per heavy atom. The number of halogens is 1. The van der Waals surface area contributed by atoms with E-state index in [1.165, 1.54) is 17.4 Å². The monoisotopic (exact) mass is 416 g/mol. The van der Waals surface area contributed by atoms with Crippen molar-refractivity contribution in [2.45, 2.75) is 25.7 Å². The molecule has 0 atom stereocenters. The van der Waals surface area contributed by atoms with Crippen LogP contribution in [0.3, 0.4) is 0 Å². The zero-order valence-electron chi connectivity index (χ0n) is 15.1. The zero-order valence-corrected chi connectivity index (χ0v) is 16.6. The van der Waals surface area contributed by atoms with Gasteiger partial charge in [-0.05, 0) is 49.4 Å². The van der Waals surface area contributed by atoms with Crippen LogP contribution in [0.2, 0.25) is 5.02 Å². The van der Waals surface area contributed by atoms with Crippen LogP contribution >= 0.6 is 22.9 Å². The smallest absolute Gasteiger partial charge is 0.292 e. The minimum atomic E-state index is -0.572. The molecular formula is C20H17ClN2O4S. The average molecular weight is 417 g/mol. The van der Waals surface area contributed by atoms with Crippen molar-refractivity contribution in [2.75, 3.05) is 12.4 Å². The van der Waals surface area contributed by atoms with Gasteiger partial charge in [0.25, 0.3) is 11.8 Å². The lowest BCUT2D eigenvalue weighted by Crippen LogP contribution is -2.22. The van der Waals surface area contributed by atoms with Crippen molar-refractivity contribution in [1.82, 2.24) is 5.32 Å². The summed E-state index contributed by atoms with van der Waals surface area (Å²) in [5.74, 6) is -0.920. The fraction of sp³-hybridized carbons (Fsp3) is 0.250. The highest BCUT2D eigenvalue weighted by atomic mass is 35.5. The second-order valence-electron chi connectivity index (χ2n) is 6.56. The SMILES string of the molecule is CNC(=O)c1c(NC(=O)c2cc(=O)c3cc(Cl)ccc3o2)sc2c1CCCC2. The molecule has 4 rings (SSSR count). The molecule has 6 nitrogen and oxygen atoms in total. The van der Waals surface area contributed by atoms with Crippen molar-refractivity contribution in [1.29, 1.82) is 0 Å². The Bertz CT molecular complexity index is 1160. The van der Waals surface area contributed by atoms with Gasteiger partial charge in [-0.15, -0.1) is 11.3 Å². The third-order valence-electron chi connectivity index (χ3n) is 4.77. The summed E-state index contributed by atoms with van der Waals surface area (Å²) in [6.07, 6.45) is 3.79. The van der Waals surface area contributed by atoms with Gasteiger partial charge in [0.2, 0.25) is 0 Å². The number of aryl methyl sites for hydroxylation is 1. The Hall–Kier alpha value is -2.64. The van der Waals surface area contributed by atoms with E-state index >= 15 is 0 Å². The number of rotatable bonds is 3. The molecule has 2 heterocycles. The summed E-state index contributed by atoms with van der Waals surface area (Å²) in [6, 6.07) is 5.78. The number of carbonyl (C=O) groups is 2. The van der Waals surface area contributed by atoms with E-state index in [2.05, 4.69) is 10.6 Å². The molecule has 28 heavy (non-hydrogen) atoms. The second kappa shape index (κ2) is 7.41. The van der Waals surface area contributed by atoms with Gasteiger partial charge in [0.1, 0.15) is 10.6 Å². The van der Waals surface area contributed by atoms with Gasteiger partial charge in [-0.1, -0.05) is 11.6 Å². The maximum atomic E-state index is 12.8. The van der Waals surface area contributed by atoms with Crippen LogP contribution in [0.5, 0.6) is 0 Å². The van der Waals surface area contributed by atoms with Gasteiger partial charge in [-0.3, -0.25) is 14.4 Å². The van der Waals surface area contributed by atoms with Crippen LogP contribution in [0.4, 0.5) is 5.00 Å². The molecule has 0 saturated heterocycles. The van der Waals surface area contributed by atoms with E-state index in [9.17, 15) is 14.4 Å². The summed E-state index contributed by atoms with van der Waals surface area (Å²) in [5, 5.41) is 6.60. The van der Waals surface area contributed by atoms with Crippen molar-refractivity contribution in [3.63, 3.8) is 0 Å². The van der Waals surface area contributed by atoms with Crippen LogP contribution in [-0.4, -0.2) is 18.9 Å². The topological polar surface area (TPSA) is 88.4 Å². The van der Waals surface area contributed by atoms with Gasteiger partial charge in [0.05, 0.1) is 10.9 Å². The third-order valence-corrected chi connectivity index (χ3v) is 6.21. The number of fused-ring (bicyclic) bond motifs is 2. The Balaban J connectivity index is 1.72. The first-order chi connectivity index (χ1) is 13.5. The van der Waals surface area contributed by atoms with E-state index < -0.39 is 5.91 Å². The fourth-order valence-corrected chi connectivity index (χ4v) is 4.88. The van der Waals surface area contributed by atoms with Gasteiger partial charge >= 0.3 is 0 Å². The van der Waals surface area contributed by atoms with Gasteiger partial charge in [-0.2, -0.15) is 0 Å². The van der Waals surface area contributed by atoms with Gasteiger partial charge < -0.3 is 15.1 Å². The van der Waals surface area contributed by atoms with Crippen molar-refractivity contribution in [3.8, 4) is 0 Å². The molecule has 0 unspecified atom stereocenters. The van der Waals surface area contributed by atoms with Gasteiger partial charge in [-0.25, -0.2) is 0 Å². The molecule has 2 N–H and O–H groups in total. The van der Waals surface area contributed by atoms with Gasteiger partial charge in [0, 0.05) is 23.0 Å². The van der Waals surface area contributed by atoms with E-state index in [1.54, 1.807) is 19.2 Å².